The van der Waals surface area contributed by atoms with Crippen molar-refractivity contribution >= 4 is 29.3 Å². The number of carbonyl (C=O) groups excluding carboxylic acids is 1. The van der Waals surface area contributed by atoms with E-state index in [0.29, 0.717) is 25.2 Å². The van der Waals surface area contributed by atoms with E-state index in [1.807, 2.05) is 41.3 Å². The van der Waals surface area contributed by atoms with Crippen LogP contribution in [0.5, 0.6) is 0 Å². The number of likely N-dealkylation sites (tertiary alicyclic amines) is 1. The van der Waals surface area contributed by atoms with Gasteiger partial charge < -0.3 is 10.6 Å². The second-order valence-corrected chi connectivity index (χ2v) is 7.56. The van der Waals surface area contributed by atoms with Gasteiger partial charge in [-0.25, -0.2) is 4.79 Å². The third-order valence-corrected chi connectivity index (χ3v) is 5.69. The van der Waals surface area contributed by atoms with Crippen molar-refractivity contribution in [2.45, 2.75) is 31.8 Å². The third kappa shape index (κ3) is 4.23. The number of aryl methyl sites for hydroxylation is 3. The lowest BCUT2D eigenvalue weighted by atomic mass is 10.0. The van der Waals surface area contributed by atoms with Crippen molar-refractivity contribution in [3.8, 4) is 0 Å². The first kappa shape index (κ1) is 21.1. The van der Waals surface area contributed by atoms with Crippen molar-refractivity contribution in [3.05, 3.63) is 70.1 Å². The van der Waals surface area contributed by atoms with E-state index >= 15 is 0 Å². The van der Waals surface area contributed by atoms with Gasteiger partial charge in [0.25, 0.3) is 5.91 Å². The highest BCUT2D eigenvalue weighted by Crippen LogP contribution is 2.19. The molecule has 0 saturated carbocycles. The molecule has 4 rings (SSSR count). The fourth-order valence-corrected chi connectivity index (χ4v) is 3.93. The molecule has 1 aliphatic rings. The van der Waals surface area contributed by atoms with Crippen LogP contribution in [0.2, 0.25) is 0 Å². The summed E-state index contributed by atoms with van der Waals surface area (Å²) in [6.07, 6.45) is 2.46. The maximum atomic E-state index is 12.9. The minimum Gasteiger partial charge on any atom is -0.339 e. The van der Waals surface area contributed by atoms with Crippen molar-refractivity contribution in [1.82, 2.24) is 14.0 Å². The van der Waals surface area contributed by atoms with Crippen LogP contribution >= 0.6 is 12.4 Å². The van der Waals surface area contributed by atoms with Crippen molar-refractivity contribution in [3.63, 3.8) is 0 Å². The van der Waals surface area contributed by atoms with Crippen LogP contribution in [0, 0.1) is 0 Å². The summed E-state index contributed by atoms with van der Waals surface area (Å²) in [6.45, 7) is 1.99. The molecule has 0 bridgehead atoms. The Kier molecular flexibility index (Phi) is 6.45. The van der Waals surface area contributed by atoms with Gasteiger partial charge in [-0.1, -0.05) is 30.3 Å². The number of hydrogen-bond donors (Lipinski definition) is 1. The molecular weight excluding hydrogens is 388 g/mol. The second kappa shape index (κ2) is 8.84. The summed E-state index contributed by atoms with van der Waals surface area (Å²) >= 11 is 0. The van der Waals surface area contributed by atoms with E-state index in [2.05, 4.69) is 12.1 Å². The summed E-state index contributed by atoms with van der Waals surface area (Å²) in [5.74, 6) is 0.0123. The van der Waals surface area contributed by atoms with Crippen LogP contribution in [-0.2, 0) is 20.0 Å². The van der Waals surface area contributed by atoms with E-state index in [9.17, 15) is 9.59 Å². The first-order valence-electron chi connectivity index (χ1n) is 9.82. The number of halogens is 1. The van der Waals surface area contributed by atoms with Crippen LogP contribution in [0.15, 0.2) is 53.3 Å². The van der Waals surface area contributed by atoms with Crippen LogP contribution in [0.3, 0.4) is 0 Å². The van der Waals surface area contributed by atoms with E-state index in [-0.39, 0.29) is 30.0 Å². The van der Waals surface area contributed by atoms with E-state index in [4.69, 9.17) is 5.73 Å². The van der Waals surface area contributed by atoms with Crippen molar-refractivity contribution in [2.24, 2.45) is 12.8 Å². The van der Waals surface area contributed by atoms with Gasteiger partial charge in [0, 0.05) is 38.3 Å². The molecule has 6 nitrogen and oxygen atoms in total. The minimum absolute atomic E-state index is 0. The van der Waals surface area contributed by atoms with Crippen molar-refractivity contribution < 1.29 is 4.79 Å². The van der Waals surface area contributed by atoms with Gasteiger partial charge in [0.1, 0.15) is 0 Å². The lowest BCUT2D eigenvalue weighted by Gasteiger charge is -2.30. The zero-order valence-electron chi connectivity index (χ0n) is 16.6. The Labute approximate surface area is 176 Å². The highest BCUT2D eigenvalue weighted by Gasteiger charge is 2.22. The molecule has 7 heteroatoms. The van der Waals surface area contributed by atoms with Crippen LogP contribution in [-0.4, -0.2) is 39.1 Å². The molecule has 0 unspecified atom stereocenters. The van der Waals surface area contributed by atoms with Gasteiger partial charge in [-0.3, -0.25) is 13.9 Å². The number of fused-ring (bicyclic) bond motifs is 1. The van der Waals surface area contributed by atoms with Gasteiger partial charge in [0.2, 0.25) is 0 Å². The second-order valence-electron chi connectivity index (χ2n) is 7.56. The molecule has 1 fully saturated rings. The van der Waals surface area contributed by atoms with Gasteiger partial charge in [-0.15, -0.1) is 12.4 Å². The fraction of sp³-hybridized carbons (Fsp3) is 0.364. The van der Waals surface area contributed by atoms with E-state index < -0.39 is 0 Å². The number of benzene rings is 2. The summed E-state index contributed by atoms with van der Waals surface area (Å²) < 4.78 is 3.42. The van der Waals surface area contributed by atoms with Gasteiger partial charge in [-0.05, 0) is 43.0 Å². The fourth-order valence-electron chi connectivity index (χ4n) is 3.93. The van der Waals surface area contributed by atoms with E-state index in [1.165, 1.54) is 5.56 Å². The number of piperidine rings is 1. The summed E-state index contributed by atoms with van der Waals surface area (Å²) in [5.41, 5.74) is 9.36. The topological polar surface area (TPSA) is 73.3 Å². The molecule has 0 radical (unpaired) electrons. The van der Waals surface area contributed by atoms with Gasteiger partial charge in [-0.2, -0.15) is 0 Å². The molecule has 1 saturated heterocycles. The Morgan fingerprint density at radius 2 is 1.76 bits per heavy atom. The number of nitrogens with zero attached hydrogens (tertiary/aromatic N) is 3. The molecule has 1 aromatic heterocycles. The summed E-state index contributed by atoms with van der Waals surface area (Å²) in [6, 6.07) is 15.9. The number of nitrogens with two attached hydrogens (primary N) is 1. The molecule has 154 valence electrons. The third-order valence-electron chi connectivity index (χ3n) is 5.69. The lowest BCUT2D eigenvalue weighted by Crippen LogP contribution is -2.42. The average molecular weight is 415 g/mol. The maximum Gasteiger partial charge on any atom is 0.328 e. The highest BCUT2D eigenvalue weighted by atomic mass is 35.5. The van der Waals surface area contributed by atoms with Crippen LogP contribution in [0.25, 0.3) is 11.0 Å². The minimum atomic E-state index is -0.0560. The molecule has 2 heterocycles. The Bertz CT molecular complexity index is 1050. The predicted octanol–water partition coefficient (Wildman–Crippen LogP) is 2.57. The normalized spacial score (nSPS) is 14.8. The lowest BCUT2D eigenvalue weighted by molar-refractivity contribution is 0.0715. The Hall–Kier alpha value is -2.57. The quantitative estimate of drug-likeness (QED) is 0.713. The monoisotopic (exact) mass is 414 g/mol. The molecule has 0 spiro atoms. The predicted molar refractivity (Wildman–Crippen MR) is 118 cm³/mol. The molecule has 0 aliphatic carbocycles. The molecule has 1 aliphatic heterocycles. The number of rotatable bonds is 4. The SMILES string of the molecule is Cl.Cn1c(=O)n(CCc2ccccc2)c2ccc(C(=O)N3CCC(N)CC3)cc21. The molecule has 2 aromatic carbocycles. The number of aromatic nitrogens is 2. The largest absolute Gasteiger partial charge is 0.339 e. The first-order chi connectivity index (χ1) is 13.5. The van der Waals surface area contributed by atoms with Crippen molar-refractivity contribution in [1.29, 1.82) is 0 Å². The Balaban J connectivity index is 0.00000240. The van der Waals surface area contributed by atoms with Gasteiger partial charge in [0.15, 0.2) is 0 Å². The molecule has 1 amide bonds. The summed E-state index contributed by atoms with van der Waals surface area (Å²) in [7, 11) is 1.76. The molecule has 3 aromatic rings. The van der Waals surface area contributed by atoms with Crippen LogP contribution in [0.1, 0.15) is 28.8 Å². The highest BCUT2D eigenvalue weighted by molar-refractivity contribution is 5.97. The van der Waals surface area contributed by atoms with Gasteiger partial charge in [0.05, 0.1) is 11.0 Å². The number of imidazole rings is 1. The van der Waals surface area contributed by atoms with Crippen molar-refractivity contribution in [2.75, 3.05) is 13.1 Å². The number of carbonyl (C=O) groups is 1. The number of amides is 1. The maximum absolute atomic E-state index is 12.9. The molecule has 0 atom stereocenters. The Morgan fingerprint density at radius 1 is 1.07 bits per heavy atom. The molecule has 2 N–H and O–H groups in total. The summed E-state index contributed by atoms with van der Waals surface area (Å²) in [4.78, 5) is 27.5. The van der Waals surface area contributed by atoms with Crippen LogP contribution in [0.4, 0.5) is 0 Å². The summed E-state index contributed by atoms with van der Waals surface area (Å²) in [5, 5.41) is 0. The average Bonchev–Trinajstić information content (AvgIpc) is 2.97. The van der Waals surface area contributed by atoms with E-state index in [1.54, 1.807) is 16.2 Å². The molecular formula is C22H27ClN4O2. The smallest absolute Gasteiger partial charge is 0.328 e. The Morgan fingerprint density at radius 3 is 2.45 bits per heavy atom. The zero-order valence-corrected chi connectivity index (χ0v) is 17.4. The standard InChI is InChI=1S/C22H26N4O2.ClH/c1-24-20-15-17(21(27)25-12-10-18(23)11-13-25)7-8-19(20)26(22(24)28)14-9-16-5-3-2-4-6-16;/h2-8,15,18H,9-14,23H2,1H3;1H. The van der Waals surface area contributed by atoms with Crippen LogP contribution < -0.4 is 11.4 Å². The number of hydrogen-bond acceptors (Lipinski definition) is 3. The molecule has 29 heavy (non-hydrogen) atoms. The van der Waals surface area contributed by atoms with E-state index in [0.717, 1.165) is 30.3 Å². The van der Waals surface area contributed by atoms with Gasteiger partial charge >= 0.3 is 5.69 Å². The first-order valence-corrected chi connectivity index (χ1v) is 9.82. The zero-order chi connectivity index (χ0) is 19.7.